The average molecular weight is 363 g/mol. The highest BCUT2D eigenvalue weighted by molar-refractivity contribution is 6.76. The summed E-state index contributed by atoms with van der Waals surface area (Å²) in [6.45, 7) is 3.22. The first-order valence-electron chi connectivity index (χ1n) is 6.95. The van der Waals surface area contributed by atoms with Crippen molar-refractivity contribution in [1.29, 1.82) is 5.41 Å². The minimum absolute atomic E-state index is 0.0152. The first kappa shape index (κ1) is 19.3. The van der Waals surface area contributed by atoms with Crippen molar-refractivity contribution in [2.75, 3.05) is 20.3 Å². The number of hydrogen-bond donors (Lipinski definition) is 1. The van der Waals surface area contributed by atoms with Crippen LogP contribution in [0.1, 0.15) is 32.6 Å². The van der Waals surface area contributed by atoms with Gasteiger partial charge in [-0.05, 0) is 6.42 Å². The molecule has 1 aliphatic heterocycles. The Morgan fingerprint density at radius 2 is 2.05 bits per heavy atom. The van der Waals surface area contributed by atoms with Crippen LogP contribution in [0.25, 0.3) is 0 Å². The summed E-state index contributed by atoms with van der Waals surface area (Å²) in [4.78, 5) is 0. The molecule has 0 saturated carbocycles. The molecule has 1 saturated heterocycles. The Morgan fingerprint density at radius 3 is 2.62 bits per heavy atom. The minimum atomic E-state index is -1.89. The van der Waals surface area contributed by atoms with E-state index in [2.05, 4.69) is 6.92 Å². The second-order valence-corrected chi connectivity index (χ2v) is 7.19. The van der Waals surface area contributed by atoms with E-state index in [9.17, 15) is 0 Å². The second kappa shape index (κ2) is 9.38. The van der Waals surface area contributed by atoms with Gasteiger partial charge in [0.25, 0.3) is 3.79 Å². The summed E-state index contributed by atoms with van der Waals surface area (Å²) < 4.78 is 20.0. The number of halogens is 3. The molecule has 0 spiro atoms. The van der Waals surface area contributed by atoms with Gasteiger partial charge in [0.15, 0.2) is 0 Å². The van der Waals surface area contributed by atoms with Crippen LogP contribution in [0, 0.1) is 5.41 Å². The van der Waals surface area contributed by atoms with Crippen molar-refractivity contribution in [2.24, 2.45) is 0 Å². The number of methoxy groups -OCH3 is 1. The van der Waals surface area contributed by atoms with Crippen molar-refractivity contribution in [2.45, 2.75) is 54.9 Å². The van der Waals surface area contributed by atoms with Crippen LogP contribution in [0.4, 0.5) is 0 Å². The van der Waals surface area contributed by atoms with E-state index in [0.717, 1.165) is 19.3 Å². The van der Waals surface area contributed by atoms with E-state index in [1.165, 1.54) is 0 Å². The zero-order chi connectivity index (χ0) is 15.9. The third-order valence-corrected chi connectivity index (χ3v) is 3.55. The molecule has 1 rings (SSSR count). The summed E-state index contributed by atoms with van der Waals surface area (Å²) in [7, 11) is 1.60. The lowest BCUT2D eigenvalue weighted by Crippen LogP contribution is -2.42. The van der Waals surface area contributed by atoms with Crippen molar-refractivity contribution in [3.05, 3.63) is 0 Å². The van der Waals surface area contributed by atoms with Crippen molar-refractivity contribution in [3.8, 4) is 0 Å². The fraction of sp³-hybridized carbons (Fsp3) is 0.923. The number of nitrogens with one attached hydrogen (secondary N) is 1. The SMILES string of the molecule is CCCCOC1CC(COC)OC(OC(=N)C(Cl)(Cl)Cl)C1. The van der Waals surface area contributed by atoms with Gasteiger partial charge in [-0.2, -0.15) is 0 Å². The maximum atomic E-state index is 7.61. The number of unbranched alkanes of at least 4 members (excludes halogenated alkanes) is 1. The molecule has 1 fully saturated rings. The molecular weight excluding hydrogens is 341 g/mol. The highest BCUT2D eigenvalue weighted by Gasteiger charge is 2.36. The minimum Gasteiger partial charge on any atom is -0.448 e. The largest absolute Gasteiger partial charge is 0.448 e. The number of rotatable bonds is 7. The highest BCUT2D eigenvalue weighted by Crippen LogP contribution is 2.31. The van der Waals surface area contributed by atoms with Gasteiger partial charge in [-0.3, -0.25) is 5.41 Å². The Bertz CT molecular complexity index is 325. The van der Waals surface area contributed by atoms with Crippen molar-refractivity contribution < 1.29 is 18.9 Å². The van der Waals surface area contributed by atoms with Crippen LogP contribution >= 0.6 is 34.8 Å². The molecule has 1 N–H and O–H groups in total. The fourth-order valence-electron chi connectivity index (χ4n) is 2.03. The van der Waals surface area contributed by atoms with Crippen molar-refractivity contribution in [3.63, 3.8) is 0 Å². The fourth-order valence-corrected chi connectivity index (χ4v) is 2.16. The van der Waals surface area contributed by atoms with E-state index < -0.39 is 16.0 Å². The molecular formula is C13H22Cl3NO4. The van der Waals surface area contributed by atoms with E-state index in [1.807, 2.05) is 0 Å². The van der Waals surface area contributed by atoms with Crippen LogP contribution in [-0.4, -0.2) is 48.5 Å². The second-order valence-electron chi connectivity index (χ2n) is 4.91. The molecule has 3 atom stereocenters. The first-order chi connectivity index (χ1) is 9.86. The van der Waals surface area contributed by atoms with E-state index >= 15 is 0 Å². The highest BCUT2D eigenvalue weighted by atomic mass is 35.6. The predicted molar refractivity (Wildman–Crippen MR) is 83.5 cm³/mol. The lowest BCUT2D eigenvalue weighted by atomic mass is 10.1. The van der Waals surface area contributed by atoms with E-state index in [0.29, 0.717) is 19.6 Å². The van der Waals surface area contributed by atoms with Crippen LogP contribution in [0.2, 0.25) is 0 Å². The van der Waals surface area contributed by atoms with E-state index in [1.54, 1.807) is 7.11 Å². The Hall–Kier alpha value is 0.220. The molecule has 3 unspecified atom stereocenters. The number of hydrogen-bond acceptors (Lipinski definition) is 5. The van der Waals surface area contributed by atoms with Gasteiger partial charge in [-0.1, -0.05) is 48.1 Å². The molecule has 0 bridgehead atoms. The summed E-state index contributed by atoms with van der Waals surface area (Å²) in [5.41, 5.74) is 0. The molecule has 1 heterocycles. The summed E-state index contributed by atoms with van der Waals surface area (Å²) in [6, 6.07) is 0. The van der Waals surface area contributed by atoms with Gasteiger partial charge < -0.3 is 18.9 Å². The van der Waals surface area contributed by atoms with Crippen molar-refractivity contribution in [1.82, 2.24) is 0 Å². The maximum absolute atomic E-state index is 7.61. The number of ether oxygens (including phenoxy) is 4. The maximum Gasteiger partial charge on any atom is 0.265 e. The van der Waals surface area contributed by atoms with Gasteiger partial charge in [-0.15, -0.1) is 0 Å². The summed E-state index contributed by atoms with van der Waals surface area (Å²) in [6.07, 6.45) is 2.44. The van der Waals surface area contributed by atoms with Crippen LogP contribution in [-0.2, 0) is 18.9 Å². The lowest BCUT2D eigenvalue weighted by Gasteiger charge is -2.35. The summed E-state index contributed by atoms with van der Waals surface area (Å²) in [5, 5.41) is 7.61. The topological polar surface area (TPSA) is 60.8 Å². The molecule has 0 aromatic heterocycles. The Balaban J connectivity index is 2.55. The van der Waals surface area contributed by atoms with Crippen LogP contribution in [0.15, 0.2) is 0 Å². The molecule has 8 heteroatoms. The van der Waals surface area contributed by atoms with Crippen LogP contribution in [0.5, 0.6) is 0 Å². The molecule has 0 radical (unpaired) electrons. The smallest absolute Gasteiger partial charge is 0.265 e. The Morgan fingerprint density at radius 1 is 1.33 bits per heavy atom. The van der Waals surface area contributed by atoms with E-state index in [4.69, 9.17) is 59.2 Å². The zero-order valence-electron chi connectivity index (χ0n) is 12.2. The molecule has 21 heavy (non-hydrogen) atoms. The molecule has 0 amide bonds. The normalized spacial score (nSPS) is 26.6. The predicted octanol–water partition coefficient (Wildman–Crippen LogP) is 3.69. The first-order valence-corrected chi connectivity index (χ1v) is 8.08. The molecule has 1 aliphatic rings. The Labute approximate surface area is 140 Å². The van der Waals surface area contributed by atoms with Gasteiger partial charge in [0, 0.05) is 26.6 Å². The summed E-state index contributed by atoms with van der Waals surface area (Å²) in [5.74, 6) is -0.456. The van der Waals surface area contributed by atoms with Gasteiger partial charge >= 0.3 is 0 Å². The molecule has 5 nitrogen and oxygen atoms in total. The van der Waals surface area contributed by atoms with Gasteiger partial charge in [0.2, 0.25) is 12.2 Å². The molecule has 124 valence electrons. The van der Waals surface area contributed by atoms with Crippen LogP contribution < -0.4 is 0 Å². The van der Waals surface area contributed by atoms with Crippen LogP contribution in [0.3, 0.4) is 0 Å². The monoisotopic (exact) mass is 361 g/mol. The van der Waals surface area contributed by atoms with Gasteiger partial charge in [0.1, 0.15) is 0 Å². The average Bonchev–Trinajstić information content (AvgIpc) is 2.38. The third-order valence-electron chi connectivity index (χ3n) is 3.04. The molecule has 0 aromatic carbocycles. The third kappa shape index (κ3) is 7.35. The molecule has 0 aliphatic carbocycles. The lowest BCUT2D eigenvalue weighted by molar-refractivity contribution is -0.201. The standard InChI is InChI=1S/C13H22Cl3NO4/c1-3-4-5-19-9-6-10(8-18-2)20-11(7-9)21-12(17)13(14,15)16/h9-11,17H,3-8H2,1-2H3. The van der Waals surface area contributed by atoms with Crippen molar-refractivity contribution >= 4 is 40.7 Å². The van der Waals surface area contributed by atoms with Gasteiger partial charge in [0.05, 0.1) is 18.8 Å². The summed E-state index contributed by atoms with van der Waals surface area (Å²) >= 11 is 16.8. The van der Waals surface area contributed by atoms with E-state index in [-0.39, 0.29) is 12.2 Å². The van der Waals surface area contributed by atoms with Gasteiger partial charge in [-0.25, -0.2) is 0 Å². The molecule has 0 aromatic rings. The quantitative estimate of drug-likeness (QED) is 0.325. The Kier molecular flexibility index (Phi) is 8.61. The number of alkyl halides is 3. The zero-order valence-corrected chi connectivity index (χ0v) is 14.5.